The van der Waals surface area contributed by atoms with Crippen molar-refractivity contribution in [3.8, 4) is 11.6 Å². The fourth-order valence-corrected chi connectivity index (χ4v) is 2.73. The van der Waals surface area contributed by atoms with E-state index in [9.17, 15) is 0 Å². The zero-order chi connectivity index (χ0) is 14.1. The van der Waals surface area contributed by atoms with E-state index in [2.05, 4.69) is 21.4 Å². The van der Waals surface area contributed by atoms with Crippen molar-refractivity contribution >= 4 is 16.6 Å². The minimum Gasteiger partial charge on any atom is -0.436 e. The van der Waals surface area contributed by atoms with E-state index in [4.69, 9.17) is 4.74 Å². The number of hydrogen-bond donors (Lipinski definition) is 1. The Morgan fingerprint density at radius 1 is 1.00 bits per heavy atom. The third-order valence-electron chi connectivity index (χ3n) is 3.75. The number of ether oxygens (including phenoxy) is 1. The molecule has 0 spiro atoms. The molecule has 0 bridgehead atoms. The topological polar surface area (TPSA) is 47.0 Å². The van der Waals surface area contributed by atoms with Crippen molar-refractivity contribution in [1.82, 2.24) is 9.97 Å². The number of benzene rings is 2. The molecule has 1 aromatic heterocycles. The van der Waals surface area contributed by atoms with Gasteiger partial charge in [0.05, 0.1) is 16.6 Å². The molecule has 1 aliphatic heterocycles. The lowest BCUT2D eigenvalue weighted by Gasteiger charge is -2.20. The Bertz CT molecular complexity index is 796. The molecule has 0 amide bonds. The van der Waals surface area contributed by atoms with Crippen LogP contribution in [0.25, 0.3) is 10.9 Å². The highest BCUT2D eigenvalue weighted by Crippen LogP contribution is 2.36. The van der Waals surface area contributed by atoms with Gasteiger partial charge in [0.1, 0.15) is 6.33 Å². The lowest BCUT2D eigenvalue weighted by atomic mass is 10.0. The van der Waals surface area contributed by atoms with E-state index < -0.39 is 0 Å². The summed E-state index contributed by atoms with van der Waals surface area (Å²) in [6, 6.07) is 14.0. The molecule has 0 saturated heterocycles. The van der Waals surface area contributed by atoms with Crippen molar-refractivity contribution in [2.75, 3.05) is 11.9 Å². The van der Waals surface area contributed by atoms with Crippen LogP contribution < -0.4 is 10.1 Å². The monoisotopic (exact) mass is 277 g/mol. The molecule has 3 aromatic rings. The average Bonchev–Trinajstić information content (AvgIpc) is 2.56. The number of aryl methyl sites for hydroxylation is 1. The van der Waals surface area contributed by atoms with Gasteiger partial charge in [-0.25, -0.2) is 9.97 Å². The average molecular weight is 277 g/mol. The van der Waals surface area contributed by atoms with Crippen LogP contribution in [0.2, 0.25) is 0 Å². The van der Waals surface area contributed by atoms with Crippen molar-refractivity contribution in [3.63, 3.8) is 0 Å². The van der Waals surface area contributed by atoms with E-state index in [-0.39, 0.29) is 0 Å². The van der Waals surface area contributed by atoms with Crippen LogP contribution in [0, 0.1) is 0 Å². The standard InChI is InChI=1S/C17H15N3O/c1-2-8-14-13(7-1)17(20-11-19-14)21-15-9-3-5-12-6-4-10-18-16(12)15/h1-3,5,7-9,11,18H,4,6,10H2. The summed E-state index contributed by atoms with van der Waals surface area (Å²) in [5, 5.41) is 4.36. The van der Waals surface area contributed by atoms with Crippen LogP contribution >= 0.6 is 0 Å². The van der Waals surface area contributed by atoms with Gasteiger partial charge in [0.25, 0.3) is 0 Å². The van der Waals surface area contributed by atoms with Crippen LogP contribution in [0.4, 0.5) is 5.69 Å². The quantitative estimate of drug-likeness (QED) is 0.774. The molecule has 0 atom stereocenters. The van der Waals surface area contributed by atoms with Crippen LogP contribution in [0.5, 0.6) is 11.6 Å². The highest BCUT2D eigenvalue weighted by molar-refractivity contribution is 5.83. The number of nitrogens with zero attached hydrogens (tertiary/aromatic N) is 2. The second-order valence-corrected chi connectivity index (χ2v) is 5.12. The van der Waals surface area contributed by atoms with E-state index in [0.29, 0.717) is 5.88 Å². The van der Waals surface area contributed by atoms with Gasteiger partial charge in [-0.1, -0.05) is 24.3 Å². The molecule has 0 unspecified atom stereocenters. The van der Waals surface area contributed by atoms with Crippen molar-refractivity contribution < 1.29 is 4.74 Å². The molecule has 0 saturated carbocycles. The minimum atomic E-state index is 0.598. The smallest absolute Gasteiger partial charge is 0.230 e. The molecule has 4 nitrogen and oxygen atoms in total. The fourth-order valence-electron chi connectivity index (χ4n) is 2.73. The van der Waals surface area contributed by atoms with Gasteiger partial charge in [0, 0.05) is 6.54 Å². The fraction of sp³-hybridized carbons (Fsp3) is 0.176. The summed E-state index contributed by atoms with van der Waals surface area (Å²) >= 11 is 0. The number of hydrogen-bond acceptors (Lipinski definition) is 4. The first-order chi connectivity index (χ1) is 10.4. The van der Waals surface area contributed by atoms with Gasteiger partial charge in [0.15, 0.2) is 5.75 Å². The molecule has 2 aromatic carbocycles. The number of rotatable bonds is 2. The first kappa shape index (κ1) is 12.1. The summed E-state index contributed by atoms with van der Waals surface area (Å²) in [4.78, 5) is 8.55. The Morgan fingerprint density at radius 3 is 2.95 bits per heavy atom. The first-order valence-electron chi connectivity index (χ1n) is 7.15. The van der Waals surface area contributed by atoms with E-state index in [1.54, 1.807) is 6.33 Å². The maximum atomic E-state index is 6.08. The predicted octanol–water partition coefficient (Wildman–Crippen LogP) is 3.78. The summed E-state index contributed by atoms with van der Waals surface area (Å²) in [6.07, 6.45) is 3.79. The molecule has 1 aliphatic rings. The Balaban J connectivity index is 1.79. The Morgan fingerprint density at radius 2 is 1.95 bits per heavy atom. The molecule has 2 heterocycles. The normalized spacial score (nSPS) is 13.5. The Labute approximate surface area is 122 Å². The zero-order valence-corrected chi connectivity index (χ0v) is 11.5. The highest BCUT2D eigenvalue weighted by atomic mass is 16.5. The minimum absolute atomic E-state index is 0.598. The predicted molar refractivity (Wildman–Crippen MR) is 82.9 cm³/mol. The van der Waals surface area contributed by atoms with E-state index in [1.807, 2.05) is 36.4 Å². The summed E-state index contributed by atoms with van der Waals surface area (Å²) in [6.45, 7) is 0.984. The Kier molecular flexibility index (Phi) is 2.92. The first-order valence-corrected chi connectivity index (χ1v) is 7.15. The van der Waals surface area contributed by atoms with Crippen molar-refractivity contribution in [2.45, 2.75) is 12.8 Å². The molecule has 1 N–H and O–H groups in total. The van der Waals surface area contributed by atoms with Gasteiger partial charge >= 0.3 is 0 Å². The SMILES string of the molecule is c1cc2c(c(Oc3ncnc4ccccc34)c1)NCCC2. The highest BCUT2D eigenvalue weighted by Gasteiger charge is 2.15. The van der Waals surface area contributed by atoms with Gasteiger partial charge in [-0.05, 0) is 36.6 Å². The maximum Gasteiger partial charge on any atom is 0.230 e. The molecule has 21 heavy (non-hydrogen) atoms. The summed E-state index contributed by atoms with van der Waals surface area (Å²) in [5.74, 6) is 1.43. The molecule has 104 valence electrons. The second-order valence-electron chi connectivity index (χ2n) is 5.12. The lowest BCUT2D eigenvalue weighted by molar-refractivity contribution is 0.468. The zero-order valence-electron chi connectivity index (χ0n) is 11.5. The summed E-state index contributed by atoms with van der Waals surface area (Å²) in [7, 11) is 0. The molecule has 0 fully saturated rings. The van der Waals surface area contributed by atoms with Gasteiger partial charge in [-0.3, -0.25) is 0 Å². The third-order valence-corrected chi connectivity index (χ3v) is 3.75. The van der Waals surface area contributed by atoms with Crippen LogP contribution in [-0.2, 0) is 6.42 Å². The molecular formula is C17H15N3O. The van der Waals surface area contributed by atoms with Crippen molar-refractivity contribution in [3.05, 3.63) is 54.4 Å². The summed E-state index contributed by atoms with van der Waals surface area (Å²) in [5.41, 5.74) is 3.28. The van der Waals surface area contributed by atoms with E-state index in [0.717, 1.165) is 41.7 Å². The maximum absolute atomic E-state index is 6.08. The number of nitrogens with one attached hydrogen (secondary N) is 1. The number of para-hydroxylation sites is 2. The van der Waals surface area contributed by atoms with Crippen LogP contribution in [0.1, 0.15) is 12.0 Å². The van der Waals surface area contributed by atoms with Crippen molar-refractivity contribution in [2.24, 2.45) is 0 Å². The van der Waals surface area contributed by atoms with Crippen molar-refractivity contribution in [1.29, 1.82) is 0 Å². The molecule has 4 heteroatoms. The number of anilines is 1. The molecule has 0 radical (unpaired) electrons. The lowest BCUT2D eigenvalue weighted by Crippen LogP contribution is -2.12. The summed E-state index contributed by atoms with van der Waals surface area (Å²) < 4.78 is 6.08. The van der Waals surface area contributed by atoms with Crippen LogP contribution in [-0.4, -0.2) is 16.5 Å². The largest absolute Gasteiger partial charge is 0.436 e. The number of fused-ring (bicyclic) bond motifs is 2. The number of aromatic nitrogens is 2. The molecular weight excluding hydrogens is 262 g/mol. The van der Waals surface area contributed by atoms with Gasteiger partial charge < -0.3 is 10.1 Å². The molecule has 0 aliphatic carbocycles. The van der Waals surface area contributed by atoms with Gasteiger partial charge in [-0.15, -0.1) is 0 Å². The third kappa shape index (κ3) is 2.18. The van der Waals surface area contributed by atoms with E-state index in [1.165, 1.54) is 5.56 Å². The van der Waals surface area contributed by atoms with Crippen LogP contribution in [0.15, 0.2) is 48.8 Å². The van der Waals surface area contributed by atoms with E-state index >= 15 is 0 Å². The second kappa shape index (κ2) is 5.05. The van der Waals surface area contributed by atoms with Gasteiger partial charge in [0.2, 0.25) is 5.88 Å². The molecule has 4 rings (SSSR count). The Hall–Kier alpha value is -2.62. The van der Waals surface area contributed by atoms with Crippen LogP contribution in [0.3, 0.4) is 0 Å². The van der Waals surface area contributed by atoms with Gasteiger partial charge in [-0.2, -0.15) is 0 Å².